The van der Waals surface area contributed by atoms with E-state index in [-0.39, 0.29) is 5.54 Å². The fourth-order valence-corrected chi connectivity index (χ4v) is 6.94. The number of benzene rings is 1. The topological polar surface area (TPSA) is 23.6 Å². The molecule has 4 heteroatoms. The summed E-state index contributed by atoms with van der Waals surface area (Å²) in [5, 5.41) is 4.56. The largest absolute Gasteiger partial charge is 0.271 e. The third-order valence-electron chi connectivity index (χ3n) is 7.84. The van der Waals surface area contributed by atoms with E-state index in [1.165, 1.54) is 42.6 Å². The second kappa shape index (κ2) is 6.00. The van der Waals surface area contributed by atoms with Crippen molar-refractivity contribution in [1.82, 2.24) is 10.0 Å². The first-order chi connectivity index (χ1) is 12.5. The molecule has 0 radical (unpaired) electrons. The summed E-state index contributed by atoms with van der Waals surface area (Å²) in [6.45, 7) is 5.04. The fourth-order valence-electron chi connectivity index (χ4n) is 6.33. The van der Waals surface area contributed by atoms with Crippen LogP contribution >= 0.6 is 11.8 Å². The van der Waals surface area contributed by atoms with Gasteiger partial charge in [0.05, 0.1) is 6.04 Å². The van der Waals surface area contributed by atoms with Gasteiger partial charge in [0.1, 0.15) is 5.54 Å². The molecule has 2 bridgehead atoms. The molecular weight excluding hydrogens is 340 g/mol. The van der Waals surface area contributed by atoms with Crippen LogP contribution in [0.4, 0.5) is 0 Å². The minimum atomic E-state index is -0.376. The number of rotatable bonds is 4. The highest BCUT2D eigenvalue weighted by Crippen LogP contribution is 2.59. The zero-order valence-electron chi connectivity index (χ0n) is 16.1. The lowest BCUT2D eigenvalue weighted by Gasteiger charge is -2.59. The van der Waals surface area contributed by atoms with Crippen molar-refractivity contribution in [3.8, 4) is 0 Å². The molecule has 1 aliphatic heterocycles. The lowest BCUT2D eigenvalue weighted by Crippen LogP contribution is -2.77. The molecule has 3 nitrogen and oxygen atoms in total. The summed E-state index contributed by atoms with van der Waals surface area (Å²) >= 11 is 1.80. The van der Waals surface area contributed by atoms with E-state index in [1.54, 1.807) is 11.8 Å². The van der Waals surface area contributed by atoms with Crippen LogP contribution in [0.5, 0.6) is 0 Å². The second-order valence-electron chi connectivity index (χ2n) is 9.37. The van der Waals surface area contributed by atoms with Crippen molar-refractivity contribution in [3.63, 3.8) is 0 Å². The van der Waals surface area contributed by atoms with Crippen molar-refractivity contribution in [2.75, 3.05) is 6.26 Å². The number of carbonyl (C=O) groups excluding carboxylic acids is 1. The van der Waals surface area contributed by atoms with Gasteiger partial charge in [0.2, 0.25) is 0 Å². The molecule has 26 heavy (non-hydrogen) atoms. The Bertz CT molecular complexity index is 733. The first-order valence-electron chi connectivity index (χ1n) is 10.2. The van der Waals surface area contributed by atoms with E-state index in [4.69, 9.17) is 0 Å². The molecule has 4 aliphatic rings. The van der Waals surface area contributed by atoms with E-state index in [0.29, 0.717) is 11.9 Å². The van der Waals surface area contributed by atoms with Crippen molar-refractivity contribution in [2.24, 2.45) is 23.7 Å². The highest BCUT2D eigenvalue weighted by Gasteiger charge is 2.59. The summed E-state index contributed by atoms with van der Waals surface area (Å²) in [4.78, 5) is 14.4. The summed E-state index contributed by atoms with van der Waals surface area (Å²) in [6.07, 6.45) is 8.89. The molecule has 5 atom stereocenters. The van der Waals surface area contributed by atoms with E-state index in [1.807, 2.05) is 0 Å². The summed E-state index contributed by atoms with van der Waals surface area (Å²) in [6, 6.07) is 9.08. The van der Waals surface area contributed by atoms with Gasteiger partial charge in [-0.15, -0.1) is 11.8 Å². The summed E-state index contributed by atoms with van der Waals surface area (Å²) in [5.41, 5.74) is 0.963. The Morgan fingerprint density at radius 2 is 1.85 bits per heavy atom. The van der Waals surface area contributed by atoms with Crippen molar-refractivity contribution >= 4 is 17.7 Å². The number of thioether (sulfide) groups is 1. The van der Waals surface area contributed by atoms with Crippen LogP contribution in [0.1, 0.15) is 51.5 Å². The average Bonchev–Trinajstić information content (AvgIpc) is 2.88. The van der Waals surface area contributed by atoms with Gasteiger partial charge in [-0.1, -0.05) is 18.2 Å². The highest BCUT2D eigenvalue weighted by molar-refractivity contribution is 7.98. The van der Waals surface area contributed by atoms with E-state index in [9.17, 15) is 4.79 Å². The Labute approximate surface area is 161 Å². The first-order valence-corrected chi connectivity index (χ1v) is 11.5. The number of amides is 1. The van der Waals surface area contributed by atoms with Crippen LogP contribution in [0.2, 0.25) is 0 Å². The Balaban J connectivity index is 1.41. The second-order valence-corrected chi connectivity index (χ2v) is 10.2. The zero-order valence-corrected chi connectivity index (χ0v) is 17.0. The van der Waals surface area contributed by atoms with Crippen LogP contribution in [0.25, 0.3) is 0 Å². The Morgan fingerprint density at radius 1 is 1.08 bits per heavy atom. The van der Waals surface area contributed by atoms with Crippen LogP contribution in [0, 0.1) is 23.7 Å². The van der Waals surface area contributed by atoms with Gasteiger partial charge in [0.15, 0.2) is 0 Å². The van der Waals surface area contributed by atoms with E-state index >= 15 is 0 Å². The molecule has 1 heterocycles. The predicted molar refractivity (Wildman–Crippen MR) is 106 cm³/mol. The normalized spacial score (nSPS) is 37.9. The predicted octanol–water partition coefficient (Wildman–Crippen LogP) is 4.57. The number of hydrogen-bond acceptors (Lipinski definition) is 3. The van der Waals surface area contributed by atoms with Crippen molar-refractivity contribution in [3.05, 3.63) is 29.8 Å². The number of fused-ring (bicyclic) bond motifs is 1. The Morgan fingerprint density at radius 3 is 2.65 bits per heavy atom. The molecule has 3 aliphatic carbocycles. The molecule has 5 rings (SSSR count). The Hall–Kier alpha value is -1.00. The van der Waals surface area contributed by atoms with Crippen molar-refractivity contribution < 1.29 is 4.79 Å². The average molecular weight is 371 g/mol. The minimum absolute atomic E-state index is 0.336. The van der Waals surface area contributed by atoms with Gasteiger partial charge in [-0.05, 0) is 87.5 Å². The number of hydrazine groups is 1. The maximum absolute atomic E-state index is 13.1. The molecule has 5 unspecified atom stereocenters. The smallest absolute Gasteiger partial charge is 0.258 e. The van der Waals surface area contributed by atoms with Crippen LogP contribution in [-0.4, -0.2) is 33.8 Å². The lowest BCUT2D eigenvalue weighted by molar-refractivity contribution is -0.234. The number of hydrogen-bond donors (Lipinski definition) is 0. The standard InChI is InChI=1S/C22H30N2OS/c1-22(2)21(25)24(23(22)13-15-6-4-5-7-20(15)26-3)19-9-8-14-10-16-11-17(19)12-18(14)16/h4-7,14,16-19H,8-13H2,1-3H3. The fraction of sp³-hybridized carbons (Fsp3) is 0.682. The van der Waals surface area contributed by atoms with Gasteiger partial charge >= 0.3 is 0 Å². The molecular formula is C22H30N2OS. The van der Waals surface area contributed by atoms with Crippen molar-refractivity contribution in [2.45, 2.75) is 69.0 Å². The highest BCUT2D eigenvalue weighted by atomic mass is 32.2. The molecule has 0 N–H and O–H groups in total. The number of carbonyl (C=O) groups is 1. The maximum Gasteiger partial charge on any atom is 0.258 e. The Kier molecular flexibility index (Phi) is 3.95. The van der Waals surface area contributed by atoms with Gasteiger partial charge in [-0.25, -0.2) is 0 Å². The SMILES string of the molecule is CSc1ccccc1CN1N(C2CCC3CC4CC2CC34)C(=O)C1(C)C. The van der Waals surface area contributed by atoms with E-state index < -0.39 is 0 Å². The van der Waals surface area contributed by atoms with Gasteiger partial charge in [-0.2, -0.15) is 5.01 Å². The zero-order chi connectivity index (χ0) is 18.1. The molecule has 4 fully saturated rings. The minimum Gasteiger partial charge on any atom is -0.271 e. The summed E-state index contributed by atoms with van der Waals surface area (Å²) < 4.78 is 0. The van der Waals surface area contributed by atoms with Gasteiger partial charge in [0, 0.05) is 11.4 Å². The quantitative estimate of drug-likeness (QED) is 0.725. The summed E-state index contributed by atoms with van der Waals surface area (Å²) in [5.74, 6) is 3.99. The van der Waals surface area contributed by atoms with Crippen LogP contribution in [-0.2, 0) is 11.3 Å². The first kappa shape index (κ1) is 17.1. The number of nitrogens with zero attached hydrogens (tertiary/aromatic N) is 2. The third-order valence-corrected chi connectivity index (χ3v) is 8.68. The molecule has 3 saturated carbocycles. The van der Waals surface area contributed by atoms with Crippen molar-refractivity contribution in [1.29, 1.82) is 0 Å². The molecule has 1 aromatic rings. The van der Waals surface area contributed by atoms with Gasteiger partial charge in [0.25, 0.3) is 5.91 Å². The molecule has 1 saturated heterocycles. The summed E-state index contributed by atoms with van der Waals surface area (Å²) in [7, 11) is 0. The van der Waals surface area contributed by atoms with Gasteiger partial charge < -0.3 is 0 Å². The lowest BCUT2D eigenvalue weighted by atomic mass is 9.64. The van der Waals surface area contributed by atoms with E-state index in [0.717, 1.165) is 30.2 Å². The molecule has 140 valence electrons. The van der Waals surface area contributed by atoms with Crippen LogP contribution in [0.3, 0.4) is 0 Å². The van der Waals surface area contributed by atoms with Crippen LogP contribution < -0.4 is 0 Å². The van der Waals surface area contributed by atoms with E-state index in [2.05, 4.69) is 54.4 Å². The van der Waals surface area contributed by atoms with Gasteiger partial charge in [-0.3, -0.25) is 9.80 Å². The molecule has 0 aromatic heterocycles. The molecule has 0 spiro atoms. The maximum atomic E-state index is 13.1. The molecule has 1 aromatic carbocycles. The monoisotopic (exact) mass is 370 g/mol. The third kappa shape index (κ3) is 2.34. The molecule has 1 amide bonds. The van der Waals surface area contributed by atoms with Crippen LogP contribution in [0.15, 0.2) is 29.2 Å².